The Bertz CT molecular complexity index is 547. The average molecular weight is 309 g/mol. The monoisotopic (exact) mass is 309 g/mol. The third-order valence-electron chi connectivity index (χ3n) is 2.92. The van der Waals surface area contributed by atoms with E-state index >= 15 is 0 Å². The van der Waals surface area contributed by atoms with Gasteiger partial charge in [0, 0.05) is 12.6 Å². The number of nitrogen functional groups attached to an aromatic ring is 1. The molecule has 0 radical (unpaired) electrons. The summed E-state index contributed by atoms with van der Waals surface area (Å²) in [5.74, 6) is 0.453. The zero-order chi connectivity index (χ0) is 15.6. The summed E-state index contributed by atoms with van der Waals surface area (Å²) in [5.41, 5.74) is 7.53. The molecule has 4 N–H and O–H groups in total. The number of carbonyl (C=O) groups excluding carboxylic acids is 1. The number of amides is 1. The predicted octanol–water partition coefficient (Wildman–Crippen LogP) is 3.00. The van der Waals surface area contributed by atoms with Crippen LogP contribution in [0.5, 0.6) is 5.75 Å². The van der Waals surface area contributed by atoms with Gasteiger partial charge in [0.15, 0.2) is 5.75 Å². The lowest BCUT2D eigenvalue weighted by atomic mass is 10.3. The van der Waals surface area contributed by atoms with E-state index in [1.807, 2.05) is 20.8 Å². The Kier molecular flexibility index (Phi) is 4.77. The molecule has 21 heavy (non-hydrogen) atoms. The molecule has 0 unspecified atom stereocenters. The van der Waals surface area contributed by atoms with Gasteiger partial charge in [-0.05, 0) is 33.6 Å². The fourth-order valence-corrected chi connectivity index (χ4v) is 2.73. The van der Waals surface area contributed by atoms with Crippen LogP contribution in [0.4, 0.5) is 10.7 Å². The van der Waals surface area contributed by atoms with E-state index in [2.05, 4.69) is 17.2 Å². The standard InChI is InChI=1S/C15H23N3O2S/c1-8(2)7-17-15-12(20-9(3)4)11(16)13(21-15)14(19)18-10-5-6-10/h9-10,17H,1,5-7,16H2,2-4H3,(H,18,19). The summed E-state index contributed by atoms with van der Waals surface area (Å²) in [6.45, 7) is 10.3. The first-order valence-corrected chi connectivity index (χ1v) is 7.98. The predicted molar refractivity (Wildman–Crippen MR) is 88.3 cm³/mol. The highest BCUT2D eigenvalue weighted by atomic mass is 32.1. The lowest BCUT2D eigenvalue weighted by Gasteiger charge is -2.12. The molecular weight excluding hydrogens is 286 g/mol. The number of nitrogens with one attached hydrogen (secondary N) is 2. The van der Waals surface area contributed by atoms with Crippen molar-refractivity contribution in [1.82, 2.24) is 5.32 Å². The molecular formula is C15H23N3O2S. The maximum Gasteiger partial charge on any atom is 0.263 e. The largest absolute Gasteiger partial charge is 0.486 e. The third-order valence-corrected chi connectivity index (χ3v) is 4.07. The summed E-state index contributed by atoms with van der Waals surface area (Å²) in [6.07, 6.45) is 2.09. The summed E-state index contributed by atoms with van der Waals surface area (Å²) in [5, 5.41) is 6.98. The summed E-state index contributed by atoms with van der Waals surface area (Å²) in [7, 11) is 0. The minimum absolute atomic E-state index is 0.00776. The summed E-state index contributed by atoms with van der Waals surface area (Å²) < 4.78 is 5.77. The number of rotatable bonds is 7. The molecule has 0 bridgehead atoms. The summed E-state index contributed by atoms with van der Waals surface area (Å²) >= 11 is 1.33. The number of nitrogens with two attached hydrogens (primary N) is 1. The average Bonchev–Trinajstić information content (AvgIpc) is 3.14. The third kappa shape index (κ3) is 4.14. The SMILES string of the molecule is C=C(C)CNc1sc(C(=O)NC2CC2)c(N)c1OC(C)C. The van der Waals surface area contributed by atoms with Crippen LogP contribution in [-0.2, 0) is 0 Å². The molecule has 1 saturated carbocycles. The van der Waals surface area contributed by atoms with Crippen LogP contribution in [0.2, 0.25) is 0 Å². The van der Waals surface area contributed by atoms with Gasteiger partial charge in [0.1, 0.15) is 15.6 Å². The van der Waals surface area contributed by atoms with E-state index in [9.17, 15) is 4.79 Å². The van der Waals surface area contributed by atoms with Gasteiger partial charge < -0.3 is 21.1 Å². The Morgan fingerprint density at radius 3 is 2.71 bits per heavy atom. The van der Waals surface area contributed by atoms with E-state index in [-0.39, 0.29) is 12.0 Å². The van der Waals surface area contributed by atoms with Crippen LogP contribution in [0.25, 0.3) is 0 Å². The van der Waals surface area contributed by atoms with Crippen LogP contribution in [0.1, 0.15) is 43.3 Å². The second-order valence-electron chi connectivity index (χ2n) is 5.73. The molecule has 2 rings (SSSR count). The molecule has 1 fully saturated rings. The number of hydrogen-bond acceptors (Lipinski definition) is 5. The fraction of sp³-hybridized carbons (Fsp3) is 0.533. The minimum atomic E-state index is -0.114. The van der Waals surface area contributed by atoms with Crippen LogP contribution >= 0.6 is 11.3 Å². The van der Waals surface area contributed by atoms with Crippen molar-refractivity contribution in [3.8, 4) is 5.75 Å². The molecule has 116 valence electrons. The van der Waals surface area contributed by atoms with Gasteiger partial charge >= 0.3 is 0 Å². The van der Waals surface area contributed by atoms with E-state index < -0.39 is 0 Å². The van der Waals surface area contributed by atoms with Crippen LogP contribution in [-0.4, -0.2) is 24.6 Å². The molecule has 1 heterocycles. The van der Waals surface area contributed by atoms with Crippen LogP contribution in [0.15, 0.2) is 12.2 Å². The lowest BCUT2D eigenvalue weighted by Crippen LogP contribution is -2.25. The van der Waals surface area contributed by atoms with Crippen molar-refractivity contribution < 1.29 is 9.53 Å². The molecule has 0 aromatic carbocycles. The van der Waals surface area contributed by atoms with E-state index in [1.54, 1.807) is 0 Å². The van der Waals surface area contributed by atoms with Crippen molar-refractivity contribution in [2.75, 3.05) is 17.6 Å². The number of ether oxygens (including phenoxy) is 1. The van der Waals surface area contributed by atoms with E-state index in [0.29, 0.717) is 28.9 Å². The molecule has 5 nitrogen and oxygen atoms in total. The molecule has 0 aliphatic heterocycles. The molecule has 6 heteroatoms. The van der Waals surface area contributed by atoms with Gasteiger partial charge in [0.05, 0.1) is 6.10 Å². The summed E-state index contributed by atoms with van der Waals surface area (Å²) in [4.78, 5) is 12.7. The van der Waals surface area contributed by atoms with Gasteiger partial charge in [-0.3, -0.25) is 4.79 Å². The van der Waals surface area contributed by atoms with Gasteiger partial charge in [-0.1, -0.05) is 12.2 Å². The van der Waals surface area contributed by atoms with Crippen molar-refractivity contribution in [3.05, 3.63) is 17.0 Å². The quantitative estimate of drug-likeness (QED) is 0.677. The lowest BCUT2D eigenvalue weighted by molar-refractivity contribution is 0.0955. The van der Waals surface area contributed by atoms with Gasteiger partial charge in [0.25, 0.3) is 5.91 Å². The Labute approximate surface area is 129 Å². The van der Waals surface area contributed by atoms with E-state index in [4.69, 9.17) is 10.5 Å². The molecule has 0 saturated heterocycles. The molecule has 0 spiro atoms. The van der Waals surface area contributed by atoms with Crippen molar-refractivity contribution in [3.63, 3.8) is 0 Å². The van der Waals surface area contributed by atoms with E-state index in [1.165, 1.54) is 11.3 Å². The van der Waals surface area contributed by atoms with Gasteiger partial charge in [-0.15, -0.1) is 11.3 Å². The Balaban J connectivity index is 2.23. The zero-order valence-corrected chi connectivity index (χ0v) is 13.6. The topological polar surface area (TPSA) is 76.4 Å². The molecule has 1 amide bonds. The zero-order valence-electron chi connectivity index (χ0n) is 12.8. The minimum Gasteiger partial charge on any atom is -0.486 e. The maximum atomic E-state index is 12.2. The molecule has 1 aromatic rings. The highest BCUT2D eigenvalue weighted by molar-refractivity contribution is 7.19. The second-order valence-corrected chi connectivity index (χ2v) is 6.75. The molecule has 1 aromatic heterocycles. The van der Waals surface area contributed by atoms with Crippen molar-refractivity contribution >= 4 is 27.9 Å². The van der Waals surface area contributed by atoms with Crippen LogP contribution < -0.4 is 21.1 Å². The van der Waals surface area contributed by atoms with E-state index in [0.717, 1.165) is 23.4 Å². The first kappa shape index (κ1) is 15.7. The molecule has 0 atom stereocenters. The fourth-order valence-electron chi connectivity index (χ4n) is 1.78. The van der Waals surface area contributed by atoms with Crippen LogP contribution in [0, 0.1) is 0 Å². The Morgan fingerprint density at radius 1 is 1.52 bits per heavy atom. The molecule has 1 aliphatic rings. The highest BCUT2D eigenvalue weighted by Gasteiger charge is 2.28. The van der Waals surface area contributed by atoms with Gasteiger partial charge in [0.2, 0.25) is 0 Å². The Hall–Kier alpha value is -1.69. The smallest absolute Gasteiger partial charge is 0.263 e. The number of thiophene rings is 1. The number of hydrogen-bond donors (Lipinski definition) is 3. The normalized spacial score (nSPS) is 14.1. The van der Waals surface area contributed by atoms with Gasteiger partial charge in [-0.2, -0.15) is 0 Å². The van der Waals surface area contributed by atoms with Crippen molar-refractivity contribution in [2.45, 2.75) is 45.8 Å². The summed E-state index contributed by atoms with van der Waals surface area (Å²) in [6, 6.07) is 0.306. The maximum absolute atomic E-state index is 12.2. The highest BCUT2D eigenvalue weighted by Crippen LogP contribution is 2.43. The van der Waals surface area contributed by atoms with Crippen molar-refractivity contribution in [1.29, 1.82) is 0 Å². The first-order chi connectivity index (χ1) is 9.88. The first-order valence-electron chi connectivity index (χ1n) is 7.16. The van der Waals surface area contributed by atoms with Crippen molar-refractivity contribution in [2.24, 2.45) is 0 Å². The number of carbonyl (C=O) groups is 1. The second kappa shape index (κ2) is 6.39. The van der Waals surface area contributed by atoms with Gasteiger partial charge in [-0.25, -0.2) is 0 Å². The Morgan fingerprint density at radius 2 is 2.19 bits per heavy atom. The van der Waals surface area contributed by atoms with Crippen LogP contribution in [0.3, 0.4) is 0 Å². The molecule has 1 aliphatic carbocycles. The number of anilines is 2.